The van der Waals surface area contributed by atoms with Crippen LogP contribution in [0.25, 0.3) is 0 Å². The summed E-state index contributed by atoms with van der Waals surface area (Å²) >= 11 is 0. The Labute approximate surface area is 129 Å². The van der Waals surface area contributed by atoms with E-state index in [2.05, 4.69) is 18.1 Å². The highest BCUT2D eigenvalue weighted by atomic mass is 31.2. The van der Waals surface area contributed by atoms with Crippen molar-refractivity contribution in [1.29, 1.82) is 0 Å². The highest BCUT2D eigenvalue weighted by Gasteiger charge is 2.26. The van der Waals surface area contributed by atoms with Gasteiger partial charge in [-0.25, -0.2) is 13.7 Å². The van der Waals surface area contributed by atoms with Gasteiger partial charge in [-0.15, -0.1) is 0 Å². The van der Waals surface area contributed by atoms with Gasteiger partial charge in [-0.2, -0.15) is 0 Å². The average molecular weight is 406 g/mol. The summed E-state index contributed by atoms with van der Waals surface area (Å²) in [7, 11) is -14.4. The van der Waals surface area contributed by atoms with E-state index in [0.29, 0.717) is 0 Å². The zero-order valence-corrected chi connectivity index (χ0v) is 14.0. The van der Waals surface area contributed by atoms with Crippen LogP contribution in [0.2, 0.25) is 0 Å². The van der Waals surface area contributed by atoms with Gasteiger partial charge < -0.3 is 34.7 Å². The first-order chi connectivity index (χ1) is 10.2. The van der Waals surface area contributed by atoms with E-state index >= 15 is 0 Å². The molecule has 0 saturated heterocycles. The van der Waals surface area contributed by atoms with Gasteiger partial charge in [0.15, 0.2) is 0 Å². The van der Waals surface area contributed by atoms with Gasteiger partial charge in [-0.1, -0.05) is 0 Å². The van der Waals surface area contributed by atoms with Crippen molar-refractivity contribution in [2.45, 2.75) is 12.2 Å². The average Bonchev–Trinajstić information content (AvgIpc) is 2.37. The number of aliphatic hydroxyl groups excluding tert-OH is 2. The molecule has 0 amide bonds. The number of aliphatic hydroxyl groups is 2. The monoisotopic (exact) mass is 406 g/mol. The molecule has 0 aromatic heterocycles. The Morgan fingerprint density at radius 1 is 0.609 bits per heavy atom. The number of rotatable bonds is 12. The molecule has 0 aliphatic rings. The smallest absolute Gasteiger partial charge is 0.388 e. The Balaban J connectivity index is 4.07. The lowest BCUT2D eigenvalue weighted by atomic mass is 10.4. The van der Waals surface area contributed by atoms with Gasteiger partial charge >= 0.3 is 23.5 Å². The molecule has 0 aliphatic carbocycles. The Morgan fingerprint density at radius 3 is 1.13 bits per heavy atom. The topological polar surface area (TPSA) is 230 Å². The molecule has 3 atom stereocenters. The second-order valence-electron chi connectivity index (χ2n) is 3.94. The highest BCUT2D eigenvalue weighted by Crippen LogP contribution is 2.44. The van der Waals surface area contributed by atoms with Gasteiger partial charge in [0.1, 0.15) is 12.2 Å². The van der Waals surface area contributed by atoms with Crippen LogP contribution in [0.1, 0.15) is 0 Å². The Hall–Kier alpha value is 0.250. The maximum absolute atomic E-state index is 11.3. The molecule has 23 heavy (non-hydrogen) atoms. The molecule has 0 heterocycles. The molecule has 0 spiro atoms. The summed E-state index contributed by atoms with van der Waals surface area (Å²) in [4.78, 5) is 42.6. The van der Waals surface area contributed by atoms with Crippen molar-refractivity contribution in [1.82, 2.24) is 0 Å². The summed E-state index contributed by atoms with van der Waals surface area (Å²) in [5.41, 5.74) is 0. The fourth-order valence-corrected chi connectivity index (χ4v) is 2.39. The molecule has 0 aromatic carbocycles. The van der Waals surface area contributed by atoms with Gasteiger partial charge in [0.05, 0.1) is 26.4 Å². The summed E-state index contributed by atoms with van der Waals surface area (Å²) < 4.78 is 48.3. The Morgan fingerprint density at radius 2 is 0.870 bits per heavy atom. The molecule has 14 nitrogen and oxygen atoms in total. The van der Waals surface area contributed by atoms with Crippen LogP contribution >= 0.6 is 23.5 Å². The first-order valence-electron chi connectivity index (χ1n) is 5.58. The summed E-state index contributed by atoms with van der Waals surface area (Å²) in [6, 6.07) is 0. The van der Waals surface area contributed by atoms with E-state index in [0.717, 1.165) is 0 Å². The summed E-state index contributed by atoms with van der Waals surface area (Å²) in [5, 5.41) is 18.4. The Kier molecular flexibility index (Phi) is 9.77. The van der Waals surface area contributed by atoms with Crippen molar-refractivity contribution in [3.05, 3.63) is 0 Å². The lowest BCUT2D eigenvalue weighted by Crippen LogP contribution is -2.23. The van der Waals surface area contributed by atoms with Crippen molar-refractivity contribution in [3.8, 4) is 0 Å². The van der Waals surface area contributed by atoms with Crippen molar-refractivity contribution in [2.75, 3.05) is 26.4 Å². The second-order valence-corrected chi connectivity index (χ2v) is 7.87. The maximum Gasteiger partial charge on any atom is 0.472 e. The molecule has 0 aliphatic heterocycles. The fourth-order valence-electron chi connectivity index (χ4n) is 0.860. The molecular formula is C6H17O14P3. The third-order valence-electron chi connectivity index (χ3n) is 1.73. The van der Waals surface area contributed by atoms with Crippen LogP contribution in [0.5, 0.6) is 0 Å². The molecule has 140 valence electrons. The van der Waals surface area contributed by atoms with Gasteiger partial charge in [-0.3, -0.25) is 18.1 Å². The lowest BCUT2D eigenvalue weighted by molar-refractivity contribution is 0.0153. The predicted molar refractivity (Wildman–Crippen MR) is 69.7 cm³/mol. The number of phosphoric acid groups is 3. The third-order valence-corrected chi connectivity index (χ3v) is 3.65. The summed E-state index contributed by atoms with van der Waals surface area (Å²) in [6.45, 7) is -3.54. The minimum Gasteiger partial charge on any atom is -0.388 e. The molecule has 1 unspecified atom stereocenters. The van der Waals surface area contributed by atoms with Crippen LogP contribution in [-0.4, -0.2) is 73.3 Å². The van der Waals surface area contributed by atoms with Gasteiger partial charge in [0.2, 0.25) is 0 Å². The molecule has 0 bridgehead atoms. The predicted octanol–water partition coefficient (Wildman–Crippen LogP) is -1.94. The third kappa shape index (κ3) is 15.5. The van der Waals surface area contributed by atoms with Crippen molar-refractivity contribution in [2.24, 2.45) is 0 Å². The van der Waals surface area contributed by atoms with Gasteiger partial charge in [0, 0.05) is 0 Å². The molecule has 0 fully saturated rings. The lowest BCUT2D eigenvalue weighted by Gasteiger charge is -2.17. The number of hydrogen-bond donors (Lipinski definition) is 7. The van der Waals surface area contributed by atoms with Gasteiger partial charge in [-0.05, 0) is 0 Å². The van der Waals surface area contributed by atoms with Crippen molar-refractivity contribution < 1.29 is 66.5 Å². The van der Waals surface area contributed by atoms with E-state index in [4.69, 9.17) is 24.5 Å². The largest absolute Gasteiger partial charge is 0.472 e. The van der Waals surface area contributed by atoms with E-state index in [1.54, 1.807) is 0 Å². The van der Waals surface area contributed by atoms with E-state index < -0.39 is 62.1 Å². The molecular weight excluding hydrogens is 389 g/mol. The zero-order valence-electron chi connectivity index (χ0n) is 11.3. The summed E-state index contributed by atoms with van der Waals surface area (Å²) in [5.74, 6) is 0. The SMILES string of the molecule is O=P(O)(O)OC[C@@H](O)COP(=O)(O)OC[C@@H](O)COP(=O)(O)O. The van der Waals surface area contributed by atoms with Crippen LogP contribution in [0.15, 0.2) is 0 Å². The molecule has 0 radical (unpaired) electrons. The van der Waals surface area contributed by atoms with Crippen molar-refractivity contribution >= 4 is 23.5 Å². The van der Waals surface area contributed by atoms with Crippen LogP contribution < -0.4 is 0 Å². The summed E-state index contributed by atoms with van der Waals surface area (Å²) in [6.07, 6.45) is -3.32. The van der Waals surface area contributed by atoms with E-state index in [1.807, 2.05) is 0 Å². The molecule has 0 aromatic rings. The van der Waals surface area contributed by atoms with E-state index in [1.165, 1.54) is 0 Å². The Bertz CT molecular complexity index is 441. The number of hydrogen-bond acceptors (Lipinski definition) is 9. The highest BCUT2D eigenvalue weighted by molar-refractivity contribution is 7.47. The fraction of sp³-hybridized carbons (Fsp3) is 1.00. The standard InChI is InChI=1S/C6H17O14P3/c7-5(1-17-21(9,10)11)3-19-23(15,16)20-4-6(8)2-18-22(12,13)14/h5-8H,1-4H2,(H,15,16)(H2,9,10,11)(H2,12,13,14)/t5-,6+. The quantitative estimate of drug-likeness (QED) is 0.175. The minimum absolute atomic E-state index is 0.886. The van der Waals surface area contributed by atoms with Gasteiger partial charge in [0.25, 0.3) is 0 Å². The minimum atomic E-state index is -4.82. The normalized spacial score (nSPS) is 16.3. The maximum atomic E-state index is 11.3. The molecule has 0 rings (SSSR count). The number of phosphoric ester groups is 3. The van der Waals surface area contributed by atoms with Crippen LogP contribution in [0.4, 0.5) is 0 Å². The zero-order chi connectivity index (χ0) is 18.3. The van der Waals surface area contributed by atoms with E-state index in [9.17, 15) is 23.9 Å². The first kappa shape index (κ1) is 23.2. The molecule has 17 heteroatoms. The second kappa shape index (κ2) is 9.66. The van der Waals surface area contributed by atoms with Crippen LogP contribution in [0, 0.1) is 0 Å². The van der Waals surface area contributed by atoms with E-state index in [-0.39, 0.29) is 0 Å². The molecule has 7 N–H and O–H groups in total. The molecule has 0 saturated carbocycles. The van der Waals surface area contributed by atoms with Crippen LogP contribution in [-0.2, 0) is 31.8 Å². The first-order valence-corrected chi connectivity index (χ1v) is 10.1. The van der Waals surface area contributed by atoms with Crippen LogP contribution in [0.3, 0.4) is 0 Å². The van der Waals surface area contributed by atoms with Crippen molar-refractivity contribution in [3.63, 3.8) is 0 Å².